The van der Waals surface area contributed by atoms with E-state index in [9.17, 15) is 14.4 Å². The first-order valence-corrected chi connectivity index (χ1v) is 9.11. The highest BCUT2D eigenvalue weighted by Gasteiger charge is 2.29. The lowest BCUT2D eigenvalue weighted by Crippen LogP contribution is -2.43. The molecule has 0 spiro atoms. The van der Waals surface area contributed by atoms with E-state index in [1.54, 1.807) is 35.5 Å². The molecule has 28 heavy (non-hydrogen) atoms. The van der Waals surface area contributed by atoms with E-state index in [-0.39, 0.29) is 30.1 Å². The summed E-state index contributed by atoms with van der Waals surface area (Å²) in [4.78, 5) is 42.6. The van der Waals surface area contributed by atoms with Crippen molar-refractivity contribution in [1.29, 1.82) is 0 Å². The SMILES string of the molecule is CC(=O)N(CC(=O)O)C1CCCN(C(=O)c2cc(-c3ccncc3)on2)CC1. The number of rotatable bonds is 5. The zero-order valence-electron chi connectivity index (χ0n) is 15.6. The summed E-state index contributed by atoms with van der Waals surface area (Å²) >= 11 is 0. The predicted octanol–water partition coefficient (Wildman–Crippen LogP) is 1.66. The van der Waals surface area contributed by atoms with Gasteiger partial charge in [-0.15, -0.1) is 0 Å². The minimum absolute atomic E-state index is 0.198. The molecule has 148 valence electrons. The van der Waals surface area contributed by atoms with Crippen molar-refractivity contribution in [3.05, 3.63) is 36.3 Å². The number of likely N-dealkylation sites (tertiary alicyclic amines) is 1. The van der Waals surface area contributed by atoms with Crippen molar-refractivity contribution in [2.24, 2.45) is 0 Å². The van der Waals surface area contributed by atoms with Crippen LogP contribution in [0.4, 0.5) is 0 Å². The van der Waals surface area contributed by atoms with E-state index in [1.807, 2.05) is 0 Å². The van der Waals surface area contributed by atoms with Gasteiger partial charge in [-0.1, -0.05) is 5.16 Å². The maximum absolute atomic E-state index is 12.8. The Morgan fingerprint density at radius 2 is 2.00 bits per heavy atom. The van der Waals surface area contributed by atoms with E-state index in [0.717, 1.165) is 5.56 Å². The van der Waals surface area contributed by atoms with Crippen molar-refractivity contribution in [2.45, 2.75) is 32.2 Å². The van der Waals surface area contributed by atoms with Gasteiger partial charge in [0.15, 0.2) is 11.5 Å². The molecule has 2 amide bonds. The van der Waals surface area contributed by atoms with Crippen LogP contribution in [0.3, 0.4) is 0 Å². The molecule has 0 bridgehead atoms. The van der Waals surface area contributed by atoms with Crippen molar-refractivity contribution >= 4 is 17.8 Å². The van der Waals surface area contributed by atoms with Gasteiger partial charge in [0.2, 0.25) is 5.91 Å². The Balaban J connectivity index is 1.67. The lowest BCUT2D eigenvalue weighted by Gasteiger charge is -2.28. The first kappa shape index (κ1) is 19.5. The predicted molar refractivity (Wildman–Crippen MR) is 98.3 cm³/mol. The highest BCUT2D eigenvalue weighted by molar-refractivity contribution is 5.93. The minimum Gasteiger partial charge on any atom is -0.480 e. The van der Waals surface area contributed by atoms with Crippen molar-refractivity contribution in [1.82, 2.24) is 19.9 Å². The van der Waals surface area contributed by atoms with Crippen LogP contribution in [0.15, 0.2) is 35.1 Å². The molecule has 1 aliphatic rings. The normalized spacial score (nSPS) is 17.0. The van der Waals surface area contributed by atoms with Crippen LogP contribution in [0, 0.1) is 0 Å². The lowest BCUT2D eigenvalue weighted by atomic mass is 10.1. The number of pyridine rings is 1. The van der Waals surface area contributed by atoms with Crippen LogP contribution in [0.5, 0.6) is 0 Å². The third-order valence-electron chi connectivity index (χ3n) is 4.83. The molecule has 0 saturated carbocycles. The van der Waals surface area contributed by atoms with Crippen LogP contribution in [0.1, 0.15) is 36.7 Å². The van der Waals surface area contributed by atoms with E-state index < -0.39 is 5.97 Å². The molecule has 1 aliphatic heterocycles. The standard InChI is InChI=1S/C19H22N4O5/c1-13(24)23(12-18(25)26)15-3-2-9-22(10-6-15)19(27)16-11-17(28-21-16)14-4-7-20-8-5-14/h4-5,7-8,11,15H,2-3,6,9-10,12H2,1H3,(H,25,26). The molecule has 1 saturated heterocycles. The molecule has 3 rings (SSSR count). The molecule has 3 heterocycles. The number of hydrogen-bond donors (Lipinski definition) is 1. The van der Waals surface area contributed by atoms with Gasteiger partial charge in [0, 0.05) is 50.1 Å². The van der Waals surface area contributed by atoms with Gasteiger partial charge in [0.1, 0.15) is 6.54 Å². The van der Waals surface area contributed by atoms with Gasteiger partial charge in [-0.2, -0.15) is 0 Å². The summed E-state index contributed by atoms with van der Waals surface area (Å²) in [6.45, 7) is 1.98. The van der Waals surface area contributed by atoms with E-state index in [4.69, 9.17) is 9.63 Å². The molecule has 1 N–H and O–H groups in total. The summed E-state index contributed by atoms with van der Waals surface area (Å²) in [5.74, 6) is -1.07. The average molecular weight is 386 g/mol. The van der Waals surface area contributed by atoms with Gasteiger partial charge >= 0.3 is 5.97 Å². The van der Waals surface area contributed by atoms with E-state index >= 15 is 0 Å². The first-order chi connectivity index (χ1) is 13.5. The average Bonchev–Trinajstić information content (AvgIpc) is 3.05. The van der Waals surface area contributed by atoms with Crippen LogP contribution in [-0.4, -0.2) is 68.5 Å². The number of hydrogen-bond acceptors (Lipinski definition) is 6. The minimum atomic E-state index is -1.04. The number of carboxylic acid groups (broad SMARTS) is 1. The van der Waals surface area contributed by atoms with E-state index in [2.05, 4.69) is 10.1 Å². The summed E-state index contributed by atoms with van der Waals surface area (Å²) < 4.78 is 5.29. The Hall–Kier alpha value is -3.23. The largest absolute Gasteiger partial charge is 0.480 e. The summed E-state index contributed by atoms with van der Waals surface area (Å²) in [6.07, 6.45) is 5.11. The number of amides is 2. The van der Waals surface area contributed by atoms with Gasteiger partial charge in [0.05, 0.1) is 0 Å². The number of carboxylic acids is 1. The van der Waals surface area contributed by atoms with Gasteiger partial charge in [-0.3, -0.25) is 19.4 Å². The molecule has 9 heteroatoms. The summed E-state index contributed by atoms with van der Waals surface area (Å²) in [6, 6.07) is 4.94. The lowest BCUT2D eigenvalue weighted by molar-refractivity contribution is -0.145. The maximum atomic E-state index is 12.8. The molecule has 1 unspecified atom stereocenters. The van der Waals surface area contributed by atoms with Crippen LogP contribution in [0.25, 0.3) is 11.3 Å². The molecule has 0 aromatic carbocycles. The molecular weight excluding hydrogens is 364 g/mol. The van der Waals surface area contributed by atoms with Gasteiger partial charge in [-0.05, 0) is 31.4 Å². The molecule has 9 nitrogen and oxygen atoms in total. The summed E-state index contributed by atoms with van der Waals surface area (Å²) in [7, 11) is 0. The summed E-state index contributed by atoms with van der Waals surface area (Å²) in [5.41, 5.74) is 1.00. The van der Waals surface area contributed by atoms with Crippen LogP contribution >= 0.6 is 0 Å². The van der Waals surface area contributed by atoms with E-state index in [0.29, 0.717) is 38.1 Å². The Bertz CT molecular complexity index is 851. The smallest absolute Gasteiger partial charge is 0.323 e. The van der Waals surface area contributed by atoms with Crippen LogP contribution < -0.4 is 0 Å². The molecule has 1 atom stereocenters. The third-order valence-corrected chi connectivity index (χ3v) is 4.83. The second kappa shape index (κ2) is 8.64. The Morgan fingerprint density at radius 3 is 2.68 bits per heavy atom. The Kier molecular flexibility index (Phi) is 6.03. The highest BCUT2D eigenvalue weighted by Crippen LogP contribution is 2.22. The monoisotopic (exact) mass is 386 g/mol. The van der Waals surface area contributed by atoms with Gasteiger partial charge in [-0.25, -0.2) is 0 Å². The van der Waals surface area contributed by atoms with Gasteiger partial charge < -0.3 is 19.4 Å². The Labute approximate surface area is 161 Å². The Morgan fingerprint density at radius 1 is 1.25 bits per heavy atom. The number of nitrogens with zero attached hydrogens (tertiary/aromatic N) is 4. The number of aliphatic carboxylic acids is 1. The first-order valence-electron chi connectivity index (χ1n) is 9.11. The molecule has 0 radical (unpaired) electrons. The van der Waals surface area contributed by atoms with Crippen molar-refractivity contribution in [2.75, 3.05) is 19.6 Å². The molecule has 2 aromatic heterocycles. The van der Waals surface area contributed by atoms with Crippen LogP contribution in [-0.2, 0) is 9.59 Å². The number of carbonyl (C=O) groups is 3. The molecule has 2 aromatic rings. The zero-order valence-corrected chi connectivity index (χ0v) is 15.6. The second-order valence-corrected chi connectivity index (χ2v) is 6.73. The van der Waals surface area contributed by atoms with Crippen molar-refractivity contribution in [3.8, 4) is 11.3 Å². The maximum Gasteiger partial charge on any atom is 0.323 e. The topological polar surface area (TPSA) is 117 Å². The quantitative estimate of drug-likeness (QED) is 0.830. The number of aromatic nitrogens is 2. The van der Waals surface area contributed by atoms with Gasteiger partial charge in [0.25, 0.3) is 5.91 Å². The number of carbonyl (C=O) groups excluding carboxylic acids is 2. The molecule has 0 aliphatic carbocycles. The highest BCUT2D eigenvalue weighted by atomic mass is 16.5. The molecule has 1 fully saturated rings. The van der Waals surface area contributed by atoms with Crippen LogP contribution in [0.2, 0.25) is 0 Å². The fourth-order valence-electron chi connectivity index (χ4n) is 3.43. The fourth-order valence-corrected chi connectivity index (χ4v) is 3.43. The molecular formula is C19H22N4O5. The third kappa shape index (κ3) is 4.54. The van der Waals surface area contributed by atoms with E-state index in [1.165, 1.54) is 11.8 Å². The van der Waals surface area contributed by atoms with Crippen molar-refractivity contribution < 1.29 is 24.0 Å². The van der Waals surface area contributed by atoms with Crippen molar-refractivity contribution in [3.63, 3.8) is 0 Å². The fraction of sp³-hybridized carbons (Fsp3) is 0.421. The summed E-state index contributed by atoms with van der Waals surface area (Å²) in [5, 5.41) is 12.9. The second-order valence-electron chi connectivity index (χ2n) is 6.73. The zero-order chi connectivity index (χ0) is 20.1.